The minimum atomic E-state index is 0. The van der Waals surface area contributed by atoms with Crippen molar-refractivity contribution in [3.63, 3.8) is 0 Å². The average molecular weight is 153 g/mol. The van der Waals surface area contributed by atoms with Gasteiger partial charge in [0.2, 0.25) is 0 Å². The maximum Gasteiger partial charge on any atom is 0.102 e. The minimum absolute atomic E-state index is 0. The standard InChI is InChI=1S/C9H13NO.H2/c1-2-8-3-4-9(10-5-8)6-11-7-9;/h3-5,10H,2,6-7H2,1H3;1H. The van der Waals surface area contributed by atoms with Crippen LogP contribution in [-0.2, 0) is 4.74 Å². The third-order valence-corrected chi connectivity index (χ3v) is 2.29. The maximum atomic E-state index is 5.14. The van der Waals surface area contributed by atoms with Crippen molar-refractivity contribution in [2.45, 2.75) is 18.9 Å². The summed E-state index contributed by atoms with van der Waals surface area (Å²) in [6.45, 7) is 3.79. The topological polar surface area (TPSA) is 21.3 Å². The van der Waals surface area contributed by atoms with Gasteiger partial charge in [-0.25, -0.2) is 0 Å². The molecule has 2 aliphatic rings. The van der Waals surface area contributed by atoms with Gasteiger partial charge in [0.05, 0.1) is 13.2 Å². The van der Waals surface area contributed by atoms with Crippen molar-refractivity contribution in [2.24, 2.45) is 0 Å². The van der Waals surface area contributed by atoms with Crippen LogP contribution in [0.5, 0.6) is 0 Å². The van der Waals surface area contributed by atoms with Crippen LogP contribution in [0.4, 0.5) is 0 Å². The number of hydrogen-bond acceptors (Lipinski definition) is 2. The highest BCUT2D eigenvalue weighted by Gasteiger charge is 2.35. The number of rotatable bonds is 1. The molecule has 11 heavy (non-hydrogen) atoms. The Morgan fingerprint density at radius 1 is 1.73 bits per heavy atom. The van der Waals surface area contributed by atoms with Gasteiger partial charge in [-0.3, -0.25) is 0 Å². The summed E-state index contributed by atoms with van der Waals surface area (Å²) in [6, 6.07) is 0. The van der Waals surface area contributed by atoms with Crippen molar-refractivity contribution in [2.75, 3.05) is 13.2 Å². The Balaban J connectivity index is 0.000000720. The fraction of sp³-hybridized carbons (Fsp3) is 0.556. The van der Waals surface area contributed by atoms with Crippen molar-refractivity contribution in [3.05, 3.63) is 23.9 Å². The Morgan fingerprint density at radius 2 is 2.55 bits per heavy atom. The summed E-state index contributed by atoms with van der Waals surface area (Å²) < 4.78 is 5.14. The van der Waals surface area contributed by atoms with Crippen molar-refractivity contribution in [1.82, 2.24) is 5.32 Å². The SMILES string of the molecule is CCC1=CNC2(C=C1)COC2.[HH]. The second-order valence-corrected chi connectivity index (χ2v) is 3.20. The smallest absolute Gasteiger partial charge is 0.102 e. The molecule has 0 saturated carbocycles. The molecular weight excluding hydrogens is 138 g/mol. The molecule has 2 heterocycles. The fourth-order valence-corrected chi connectivity index (χ4v) is 1.32. The molecule has 0 aromatic carbocycles. The van der Waals surface area contributed by atoms with Gasteiger partial charge in [0.1, 0.15) is 5.54 Å². The van der Waals surface area contributed by atoms with Gasteiger partial charge in [-0.2, -0.15) is 0 Å². The van der Waals surface area contributed by atoms with Crippen LogP contribution >= 0.6 is 0 Å². The van der Waals surface area contributed by atoms with Gasteiger partial charge in [0.15, 0.2) is 0 Å². The molecule has 0 atom stereocenters. The van der Waals surface area contributed by atoms with Gasteiger partial charge in [-0.05, 0) is 12.0 Å². The first-order valence-electron chi connectivity index (χ1n) is 4.08. The monoisotopic (exact) mass is 153 g/mol. The van der Waals surface area contributed by atoms with Crippen LogP contribution in [0.3, 0.4) is 0 Å². The molecule has 1 fully saturated rings. The fourth-order valence-electron chi connectivity index (χ4n) is 1.32. The van der Waals surface area contributed by atoms with E-state index in [0.29, 0.717) is 0 Å². The Hall–Kier alpha value is -0.760. The van der Waals surface area contributed by atoms with Crippen molar-refractivity contribution in [1.29, 1.82) is 0 Å². The van der Waals surface area contributed by atoms with Gasteiger partial charge < -0.3 is 10.1 Å². The zero-order valence-corrected chi connectivity index (χ0v) is 6.76. The summed E-state index contributed by atoms with van der Waals surface area (Å²) in [7, 11) is 0. The second kappa shape index (κ2) is 2.38. The van der Waals surface area contributed by atoms with E-state index < -0.39 is 0 Å². The molecule has 0 aliphatic carbocycles. The molecular formula is C9H15NO. The zero-order valence-electron chi connectivity index (χ0n) is 6.76. The van der Waals surface area contributed by atoms with Crippen molar-refractivity contribution < 1.29 is 6.16 Å². The largest absolute Gasteiger partial charge is 0.378 e. The minimum Gasteiger partial charge on any atom is -0.378 e. The first kappa shape index (κ1) is 6.92. The molecule has 62 valence electrons. The Morgan fingerprint density at radius 3 is 2.91 bits per heavy atom. The number of nitrogens with one attached hydrogen (secondary N) is 1. The third kappa shape index (κ3) is 1.07. The van der Waals surface area contributed by atoms with E-state index in [1.165, 1.54) is 5.57 Å². The van der Waals surface area contributed by atoms with Crippen molar-refractivity contribution >= 4 is 0 Å². The quantitative estimate of drug-likeness (QED) is 0.615. The lowest BCUT2D eigenvalue weighted by molar-refractivity contribution is -0.0421. The van der Waals surface area contributed by atoms with E-state index in [1.54, 1.807) is 0 Å². The molecule has 2 rings (SSSR count). The van der Waals surface area contributed by atoms with Crippen LogP contribution in [-0.4, -0.2) is 18.8 Å². The van der Waals surface area contributed by atoms with Gasteiger partial charge >= 0.3 is 0 Å². The molecule has 0 amide bonds. The number of allylic oxidation sites excluding steroid dienone is 2. The number of dihydropyridines is 1. The lowest BCUT2D eigenvalue weighted by atomic mass is 9.93. The highest BCUT2D eigenvalue weighted by Crippen LogP contribution is 2.23. The Labute approximate surface area is 68.4 Å². The molecule has 1 saturated heterocycles. The van der Waals surface area contributed by atoms with Crippen LogP contribution in [0.2, 0.25) is 0 Å². The van der Waals surface area contributed by atoms with E-state index in [0.717, 1.165) is 19.6 Å². The predicted octanol–water partition coefficient (Wildman–Crippen LogP) is 1.45. The van der Waals surface area contributed by atoms with E-state index in [4.69, 9.17) is 4.74 Å². The van der Waals surface area contributed by atoms with Gasteiger partial charge in [-0.1, -0.05) is 19.1 Å². The summed E-state index contributed by atoms with van der Waals surface area (Å²) in [5.41, 5.74) is 1.51. The molecule has 0 unspecified atom stereocenters. The van der Waals surface area contributed by atoms with Gasteiger partial charge in [-0.15, -0.1) is 0 Å². The summed E-state index contributed by atoms with van der Waals surface area (Å²) in [4.78, 5) is 0. The molecule has 2 heteroatoms. The summed E-state index contributed by atoms with van der Waals surface area (Å²) in [5, 5.41) is 3.36. The van der Waals surface area contributed by atoms with E-state index >= 15 is 0 Å². The summed E-state index contributed by atoms with van der Waals surface area (Å²) in [6.07, 6.45) is 7.61. The van der Waals surface area contributed by atoms with Gasteiger partial charge in [0, 0.05) is 7.63 Å². The van der Waals surface area contributed by atoms with Crippen LogP contribution in [0, 0.1) is 0 Å². The summed E-state index contributed by atoms with van der Waals surface area (Å²) in [5.74, 6) is 0. The zero-order chi connectivity index (χ0) is 7.73. The number of ether oxygens (including phenoxy) is 1. The van der Waals surface area contributed by atoms with E-state index in [-0.39, 0.29) is 6.97 Å². The van der Waals surface area contributed by atoms with Crippen LogP contribution < -0.4 is 5.32 Å². The second-order valence-electron chi connectivity index (χ2n) is 3.20. The average Bonchev–Trinajstić information content (AvgIpc) is 2.02. The predicted molar refractivity (Wildman–Crippen MR) is 46.3 cm³/mol. The molecule has 1 spiro atoms. The molecule has 0 aromatic heterocycles. The van der Waals surface area contributed by atoms with E-state index in [9.17, 15) is 0 Å². The highest BCUT2D eigenvalue weighted by molar-refractivity contribution is 5.29. The maximum absolute atomic E-state index is 5.14. The molecule has 1 N–H and O–H groups in total. The lowest BCUT2D eigenvalue weighted by Crippen LogP contribution is -2.58. The molecule has 2 nitrogen and oxygen atoms in total. The molecule has 0 radical (unpaired) electrons. The molecule has 0 aromatic rings. The van der Waals surface area contributed by atoms with E-state index in [1.807, 2.05) is 0 Å². The molecule has 2 aliphatic heterocycles. The molecule has 0 bridgehead atoms. The van der Waals surface area contributed by atoms with Crippen LogP contribution in [0.15, 0.2) is 23.9 Å². The van der Waals surface area contributed by atoms with Crippen LogP contribution in [0.1, 0.15) is 14.8 Å². The van der Waals surface area contributed by atoms with Gasteiger partial charge in [0.25, 0.3) is 0 Å². The Kier molecular flexibility index (Phi) is 1.50. The highest BCUT2D eigenvalue weighted by atomic mass is 16.5. The first-order chi connectivity index (χ1) is 5.35. The summed E-state index contributed by atoms with van der Waals surface area (Å²) >= 11 is 0. The first-order valence-corrected chi connectivity index (χ1v) is 4.08. The van der Waals surface area contributed by atoms with Crippen LogP contribution in [0.25, 0.3) is 0 Å². The van der Waals surface area contributed by atoms with E-state index in [2.05, 4.69) is 30.6 Å². The third-order valence-electron chi connectivity index (χ3n) is 2.29. The van der Waals surface area contributed by atoms with Crippen molar-refractivity contribution in [3.8, 4) is 0 Å². The normalized spacial score (nSPS) is 25.7. The lowest BCUT2D eigenvalue weighted by Gasteiger charge is -2.41. The Bertz CT molecular complexity index is 219. The number of hydrogen-bond donors (Lipinski definition) is 1.